The first-order valence-electron chi connectivity index (χ1n) is 10.5. The summed E-state index contributed by atoms with van der Waals surface area (Å²) in [5.41, 5.74) is 2.43. The van der Waals surface area contributed by atoms with Crippen LogP contribution in [0, 0.1) is 0 Å². The molecule has 182 valence electrons. The molecular formula is C23H17Cl2N7O4. The molecule has 3 N–H and O–H groups in total. The molecule has 0 saturated heterocycles. The highest BCUT2D eigenvalue weighted by Crippen LogP contribution is 2.35. The van der Waals surface area contributed by atoms with Gasteiger partial charge < -0.3 is 24.6 Å². The van der Waals surface area contributed by atoms with Crippen LogP contribution in [0.15, 0.2) is 64.4 Å². The number of carbonyl (C=O) groups is 1. The number of fused-ring (bicyclic) bond motifs is 1. The summed E-state index contributed by atoms with van der Waals surface area (Å²) in [5.74, 6) is -0.103. The van der Waals surface area contributed by atoms with Crippen LogP contribution in [0.2, 0.25) is 10.2 Å². The minimum absolute atomic E-state index is 0.200. The number of ether oxygens (including phenoxy) is 1. The van der Waals surface area contributed by atoms with E-state index in [1.54, 1.807) is 36.4 Å². The van der Waals surface area contributed by atoms with E-state index in [1.807, 2.05) is 0 Å². The molecule has 0 fully saturated rings. The minimum atomic E-state index is -0.440. The van der Waals surface area contributed by atoms with Gasteiger partial charge in [-0.25, -0.2) is 9.48 Å². The average molecular weight is 526 g/mol. The van der Waals surface area contributed by atoms with Crippen molar-refractivity contribution in [3.05, 3.63) is 85.9 Å². The quantitative estimate of drug-likeness (QED) is 0.311. The lowest BCUT2D eigenvalue weighted by atomic mass is 10.0. The average Bonchev–Trinajstić information content (AvgIpc) is 3.44. The highest BCUT2D eigenvalue weighted by molar-refractivity contribution is 6.31. The van der Waals surface area contributed by atoms with Crippen LogP contribution in [0.25, 0.3) is 27.8 Å². The molecule has 3 aromatic heterocycles. The number of pyridine rings is 1. The van der Waals surface area contributed by atoms with Crippen LogP contribution >= 0.6 is 23.2 Å². The number of aromatic nitrogens is 6. The Balaban J connectivity index is 1.46. The SMILES string of the molecule is COc1cn(CC(=O)Nc2ccc3[nH]c(=O)[nH]c3c2)c(=O)cc1-c1cc(Cl)ccc1-n1cc(Cl)nn1. The molecule has 0 atom stereocenters. The van der Waals surface area contributed by atoms with E-state index in [1.165, 1.54) is 34.8 Å². The van der Waals surface area contributed by atoms with E-state index in [2.05, 4.69) is 25.6 Å². The molecule has 13 heteroatoms. The number of rotatable bonds is 6. The molecule has 0 unspecified atom stereocenters. The molecule has 0 aliphatic heterocycles. The number of hydrogen-bond donors (Lipinski definition) is 3. The molecule has 5 aromatic rings. The first kappa shape index (κ1) is 23.4. The molecule has 0 aliphatic rings. The zero-order valence-corrected chi connectivity index (χ0v) is 20.1. The van der Waals surface area contributed by atoms with Crippen LogP contribution in [0.3, 0.4) is 0 Å². The van der Waals surface area contributed by atoms with Gasteiger partial charge in [-0.2, -0.15) is 0 Å². The molecule has 5 rings (SSSR count). The Kier molecular flexibility index (Phi) is 6.08. The molecule has 0 bridgehead atoms. The molecule has 1 amide bonds. The zero-order chi connectivity index (χ0) is 25.4. The Morgan fingerprint density at radius 3 is 2.58 bits per heavy atom. The first-order valence-corrected chi connectivity index (χ1v) is 11.2. The van der Waals surface area contributed by atoms with Crippen LogP contribution in [0.4, 0.5) is 5.69 Å². The number of nitrogens with one attached hydrogen (secondary N) is 3. The van der Waals surface area contributed by atoms with Gasteiger partial charge in [0.2, 0.25) is 5.91 Å². The molecular weight excluding hydrogens is 509 g/mol. The third kappa shape index (κ3) is 4.61. The summed E-state index contributed by atoms with van der Waals surface area (Å²) in [4.78, 5) is 42.4. The number of nitrogens with zero attached hydrogens (tertiary/aromatic N) is 4. The predicted molar refractivity (Wildman–Crippen MR) is 135 cm³/mol. The predicted octanol–water partition coefficient (Wildman–Crippen LogP) is 3.22. The van der Waals surface area contributed by atoms with Gasteiger partial charge in [0, 0.05) is 27.9 Å². The summed E-state index contributed by atoms with van der Waals surface area (Å²) < 4.78 is 8.23. The van der Waals surface area contributed by atoms with Crippen LogP contribution in [-0.4, -0.2) is 42.5 Å². The second-order valence-electron chi connectivity index (χ2n) is 7.76. The van der Waals surface area contributed by atoms with Crippen molar-refractivity contribution in [2.75, 3.05) is 12.4 Å². The van der Waals surface area contributed by atoms with Crippen molar-refractivity contribution >= 4 is 45.8 Å². The number of anilines is 1. The summed E-state index contributed by atoms with van der Waals surface area (Å²) >= 11 is 12.2. The van der Waals surface area contributed by atoms with E-state index in [-0.39, 0.29) is 17.4 Å². The Hall–Kier alpha value is -4.35. The maximum Gasteiger partial charge on any atom is 0.323 e. The molecule has 2 aromatic carbocycles. The van der Waals surface area contributed by atoms with Gasteiger partial charge >= 0.3 is 5.69 Å². The molecule has 0 radical (unpaired) electrons. The maximum absolute atomic E-state index is 13.0. The lowest BCUT2D eigenvalue weighted by molar-refractivity contribution is -0.116. The van der Waals surface area contributed by atoms with Gasteiger partial charge in [0.25, 0.3) is 5.56 Å². The van der Waals surface area contributed by atoms with Crippen molar-refractivity contribution in [1.29, 1.82) is 0 Å². The van der Waals surface area contributed by atoms with Crippen molar-refractivity contribution in [3.63, 3.8) is 0 Å². The fourth-order valence-electron chi connectivity index (χ4n) is 3.80. The highest BCUT2D eigenvalue weighted by Gasteiger charge is 2.17. The summed E-state index contributed by atoms with van der Waals surface area (Å²) in [5, 5.41) is 11.1. The summed E-state index contributed by atoms with van der Waals surface area (Å²) in [6.45, 7) is -0.266. The van der Waals surface area contributed by atoms with E-state index in [0.29, 0.717) is 44.3 Å². The topological polar surface area (TPSA) is 140 Å². The number of methoxy groups -OCH3 is 1. The number of imidazole rings is 1. The third-order valence-corrected chi connectivity index (χ3v) is 5.79. The Morgan fingerprint density at radius 1 is 1.03 bits per heavy atom. The number of aromatic amines is 2. The monoisotopic (exact) mass is 525 g/mol. The second kappa shape index (κ2) is 9.36. The zero-order valence-electron chi connectivity index (χ0n) is 18.6. The summed E-state index contributed by atoms with van der Waals surface area (Å²) in [6.07, 6.45) is 2.97. The highest BCUT2D eigenvalue weighted by atomic mass is 35.5. The first-order chi connectivity index (χ1) is 17.3. The minimum Gasteiger partial charge on any atom is -0.495 e. The van der Waals surface area contributed by atoms with Crippen molar-refractivity contribution in [2.45, 2.75) is 6.54 Å². The Bertz CT molecular complexity index is 1730. The number of hydrogen-bond acceptors (Lipinski definition) is 6. The molecule has 0 aliphatic carbocycles. The van der Waals surface area contributed by atoms with Gasteiger partial charge in [-0.1, -0.05) is 28.4 Å². The molecule has 36 heavy (non-hydrogen) atoms. The smallest absolute Gasteiger partial charge is 0.323 e. The van der Waals surface area contributed by atoms with Crippen LogP contribution in [0.1, 0.15) is 0 Å². The Labute approximate surface area is 212 Å². The molecule has 0 saturated carbocycles. The van der Waals surface area contributed by atoms with E-state index in [9.17, 15) is 14.4 Å². The van der Waals surface area contributed by atoms with Gasteiger partial charge in [-0.3, -0.25) is 9.59 Å². The van der Waals surface area contributed by atoms with Gasteiger partial charge in [-0.05, 0) is 36.4 Å². The lowest BCUT2D eigenvalue weighted by Gasteiger charge is -2.15. The standard InChI is InChI=1S/C23H17Cl2N7O4/c1-36-19-9-31(11-21(33)26-13-3-4-16-17(7-13)28-23(35)27-16)22(34)8-15(19)14-6-12(24)2-5-18(14)32-10-20(25)29-30-32/h2-10H,11H2,1H3,(H,26,33)(H2,27,28,35). The van der Waals surface area contributed by atoms with Gasteiger partial charge in [0.1, 0.15) is 12.3 Å². The molecule has 3 heterocycles. The Morgan fingerprint density at radius 2 is 1.83 bits per heavy atom. The van der Waals surface area contributed by atoms with E-state index in [0.717, 1.165) is 0 Å². The van der Waals surface area contributed by atoms with Crippen molar-refractivity contribution in [2.24, 2.45) is 0 Å². The number of benzene rings is 2. The summed E-state index contributed by atoms with van der Waals surface area (Å²) in [7, 11) is 1.46. The fraction of sp³-hybridized carbons (Fsp3) is 0.0870. The van der Waals surface area contributed by atoms with Crippen LogP contribution < -0.4 is 21.3 Å². The van der Waals surface area contributed by atoms with Crippen molar-refractivity contribution in [1.82, 2.24) is 29.5 Å². The number of halogens is 2. The van der Waals surface area contributed by atoms with E-state index < -0.39 is 11.5 Å². The molecule has 11 nitrogen and oxygen atoms in total. The van der Waals surface area contributed by atoms with Crippen LogP contribution in [-0.2, 0) is 11.3 Å². The van der Waals surface area contributed by atoms with Gasteiger partial charge in [-0.15, -0.1) is 5.10 Å². The number of H-pyrrole nitrogens is 2. The number of amides is 1. The largest absolute Gasteiger partial charge is 0.495 e. The summed E-state index contributed by atoms with van der Waals surface area (Å²) in [6, 6.07) is 11.3. The van der Waals surface area contributed by atoms with Gasteiger partial charge in [0.05, 0.1) is 36.2 Å². The third-order valence-electron chi connectivity index (χ3n) is 5.38. The van der Waals surface area contributed by atoms with E-state index in [4.69, 9.17) is 27.9 Å². The van der Waals surface area contributed by atoms with Gasteiger partial charge in [0.15, 0.2) is 5.15 Å². The normalized spacial score (nSPS) is 11.1. The van der Waals surface area contributed by atoms with Crippen molar-refractivity contribution < 1.29 is 9.53 Å². The maximum atomic E-state index is 13.0. The second-order valence-corrected chi connectivity index (χ2v) is 8.58. The lowest BCUT2D eigenvalue weighted by Crippen LogP contribution is -2.27. The molecule has 0 spiro atoms. The fourth-order valence-corrected chi connectivity index (χ4v) is 4.10. The van der Waals surface area contributed by atoms with Crippen LogP contribution in [0.5, 0.6) is 5.75 Å². The number of carbonyl (C=O) groups excluding carboxylic acids is 1. The van der Waals surface area contributed by atoms with E-state index >= 15 is 0 Å². The van der Waals surface area contributed by atoms with Crippen molar-refractivity contribution in [3.8, 4) is 22.6 Å².